The van der Waals surface area contributed by atoms with Crippen molar-refractivity contribution in [1.29, 1.82) is 0 Å². The van der Waals surface area contributed by atoms with Gasteiger partial charge in [-0.2, -0.15) is 0 Å². The minimum absolute atomic E-state index is 0.103. The number of piperazine rings is 1. The summed E-state index contributed by atoms with van der Waals surface area (Å²) in [6.45, 7) is 10.4. The third-order valence-corrected chi connectivity index (χ3v) is 6.85. The number of rotatable bonds is 4. The van der Waals surface area contributed by atoms with Gasteiger partial charge in [0, 0.05) is 31.7 Å². The first kappa shape index (κ1) is 21.2. The van der Waals surface area contributed by atoms with Gasteiger partial charge >= 0.3 is 0 Å². The van der Waals surface area contributed by atoms with Gasteiger partial charge in [-0.15, -0.1) is 0 Å². The molecule has 1 aromatic heterocycles. The van der Waals surface area contributed by atoms with E-state index >= 15 is 0 Å². The Hall–Kier alpha value is -2.66. The molecule has 1 aliphatic carbocycles. The third kappa shape index (κ3) is 3.95. The summed E-state index contributed by atoms with van der Waals surface area (Å²) in [6.07, 6.45) is 7.23. The molecule has 1 fully saturated rings. The molecule has 0 saturated carbocycles. The molecule has 1 saturated heterocycles. The van der Waals surface area contributed by atoms with Crippen LogP contribution in [0, 0.1) is 26.6 Å². The number of hydrogen-bond donors (Lipinski definition) is 1. The van der Waals surface area contributed by atoms with Gasteiger partial charge in [0.15, 0.2) is 0 Å². The molecule has 5 rings (SSSR count). The molecule has 5 heteroatoms. The molecule has 3 aromatic rings. The summed E-state index contributed by atoms with van der Waals surface area (Å²) in [7, 11) is 0. The van der Waals surface area contributed by atoms with Crippen molar-refractivity contribution >= 4 is 22.6 Å². The van der Waals surface area contributed by atoms with E-state index in [0.29, 0.717) is 17.7 Å². The summed E-state index contributed by atoms with van der Waals surface area (Å²) >= 11 is 0. The van der Waals surface area contributed by atoms with Crippen LogP contribution in [-0.4, -0.2) is 35.7 Å². The summed E-state index contributed by atoms with van der Waals surface area (Å²) in [4.78, 5) is 7.65. The van der Waals surface area contributed by atoms with Crippen molar-refractivity contribution in [2.75, 3.05) is 31.1 Å². The Morgan fingerprint density at radius 3 is 2.44 bits per heavy atom. The van der Waals surface area contributed by atoms with Gasteiger partial charge in [0.25, 0.3) is 0 Å². The van der Waals surface area contributed by atoms with Gasteiger partial charge in [0.1, 0.15) is 5.82 Å². The molecular formula is C27H33FN4. The predicted molar refractivity (Wildman–Crippen MR) is 131 cm³/mol. The van der Waals surface area contributed by atoms with E-state index in [1.165, 1.54) is 35.1 Å². The first-order valence-electron chi connectivity index (χ1n) is 11.9. The van der Waals surface area contributed by atoms with E-state index in [4.69, 9.17) is 4.98 Å². The molecule has 1 aliphatic heterocycles. The Balaban J connectivity index is 1.68. The van der Waals surface area contributed by atoms with E-state index in [9.17, 15) is 4.39 Å². The highest BCUT2D eigenvalue weighted by atomic mass is 19.1. The molecule has 168 valence electrons. The maximum Gasteiger partial charge on any atom is 0.206 e. The molecule has 2 aromatic carbocycles. The van der Waals surface area contributed by atoms with E-state index in [-0.39, 0.29) is 5.82 Å². The number of anilines is 1. The lowest BCUT2D eigenvalue weighted by Crippen LogP contribution is -2.44. The fraction of sp³-hybridized carbons (Fsp3) is 0.444. The Morgan fingerprint density at radius 2 is 1.75 bits per heavy atom. The fourth-order valence-corrected chi connectivity index (χ4v) is 5.25. The Morgan fingerprint density at radius 1 is 1.00 bits per heavy atom. The second kappa shape index (κ2) is 8.70. The number of halogens is 1. The van der Waals surface area contributed by atoms with Crippen LogP contribution in [0.2, 0.25) is 0 Å². The molecule has 0 atom stereocenters. The number of fused-ring (bicyclic) bond motifs is 1. The highest BCUT2D eigenvalue weighted by molar-refractivity contribution is 5.92. The van der Waals surface area contributed by atoms with E-state index in [1.807, 2.05) is 26.0 Å². The molecule has 0 radical (unpaired) electrons. The van der Waals surface area contributed by atoms with Crippen molar-refractivity contribution in [3.8, 4) is 0 Å². The van der Waals surface area contributed by atoms with Crippen molar-refractivity contribution < 1.29 is 4.39 Å². The number of aromatic nitrogens is 2. The SMILES string of the molecule is Cc1cc(C2=CCCCC2)c2nc(N3CCNCC3)n(Cc3cc(C)c(F)c(C)c3)c2c1. The van der Waals surface area contributed by atoms with Gasteiger partial charge in [-0.05, 0) is 86.4 Å². The number of imidazole rings is 1. The largest absolute Gasteiger partial charge is 0.340 e. The van der Waals surface area contributed by atoms with E-state index in [1.54, 1.807) is 0 Å². The van der Waals surface area contributed by atoms with Gasteiger partial charge in [0.05, 0.1) is 17.6 Å². The standard InChI is InChI=1S/C27H33FN4/c1-18-13-23(22-7-5-4-6-8-22)26-24(14-18)32(27(30-26)31-11-9-29-10-12-31)17-21-15-19(2)25(28)20(3)16-21/h7,13-16,29H,4-6,8-12,17H2,1-3H3. The molecule has 0 unspecified atom stereocenters. The predicted octanol–water partition coefficient (Wildman–Crippen LogP) is 5.52. The van der Waals surface area contributed by atoms with Crippen molar-refractivity contribution in [3.63, 3.8) is 0 Å². The quantitative estimate of drug-likeness (QED) is 0.590. The highest BCUT2D eigenvalue weighted by Crippen LogP contribution is 2.35. The van der Waals surface area contributed by atoms with Crippen molar-refractivity contribution in [2.24, 2.45) is 0 Å². The Labute approximate surface area is 190 Å². The average Bonchev–Trinajstić information content (AvgIpc) is 3.16. The van der Waals surface area contributed by atoms with E-state index in [0.717, 1.165) is 56.0 Å². The van der Waals surface area contributed by atoms with Crippen LogP contribution >= 0.6 is 0 Å². The topological polar surface area (TPSA) is 33.1 Å². The monoisotopic (exact) mass is 432 g/mol. The zero-order valence-electron chi connectivity index (χ0n) is 19.5. The molecule has 2 aliphatic rings. The summed E-state index contributed by atoms with van der Waals surface area (Å²) in [5, 5.41) is 3.45. The van der Waals surface area contributed by atoms with Gasteiger partial charge in [0.2, 0.25) is 5.95 Å². The van der Waals surface area contributed by atoms with Crippen molar-refractivity contribution in [3.05, 3.63) is 64.0 Å². The van der Waals surface area contributed by atoms with Crippen LogP contribution in [0.5, 0.6) is 0 Å². The zero-order valence-corrected chi connectivity index (χ0v) is 19.5. The molecule has 0 spiro atoms. The molecule has 32 heavy (non-hydrogen) atoms. The molecule has 4 nitrogen and oxygen atoms in total. The van der Waals surface area contributed by atoms with Crippen LogP contribution < -0.4 is 10.2 Å². The van der Waals surface area contributed by atoms with Gasteiger partial charge in [-0.3, -0.25) is 0 Å². The molecule has 0 bridgehead atoms. The van der Waals surface area contributed by atoms with Crippen LogP contribution in [0.25, 0.3) is 16.6 Å². The lowest BCUT2D eigenvalue weighted by Gasteiger charge is -2.29. The second-order valence-corrected chi connectivity index (χ2v) is 9.43. The maximum atomic E-state index is 14.3. The summed E-state index contributed by atoms with van der Waals surface area (Å²) < 4.78 is 16.6. The summed E-state index contributed by atoms with van der Waals surface area (Å²) in [6, 6.07) is 8.54. The van der Waals surface area contributed by atoms with Crippen LogP contribution in [0.4, 0.5) is 10.3 Å². The van der Waals surface area contributed by atoms with Gasteiger partial charge in [-0.25, -0.2) is 9.37 Å². The molecular weight excluding hydrogens is 399 g/mol. The third-order valence-electron chi connectivity index (χ3n) is 6.85. The van der Waals surface area contributed by atoms with Crippen molar-refractivity contribution in [1.82, 2.24) is 14.9 Å². The van der Waals surface area contributed by atoms with E-state index in [2.05, 4.69) is 39.9 Å². The number of benzene rings is 2. The van der Waals surface area contributed by atoms with Crippen molar-refractivity contribution in [2.45, 2.75) is 53.0 Å². The minimum Gasteiger partial charge on any atom is -0.340 e. The first-order valence-corrected chi connectivity index (χ1v) is 11.9. The zero-order chi connectivity index (χ0) is 22.2. The Bertz CT molecular complexity index is 1160. The number of allylic oxidation sites excluding steroid dienone is 2. The highest BCUT2D eigenvalue weighted by Gasteiger charge is 2.23. The molecule has 2 heterocycles. The smallest absolute Gasteiger partial charge is 0.206 e. The first-order chi connectivity index (χ1) is 15.5. The van der Waals surface area contributed by atoms with Crippen LogP contribution in [-0.2, 0) is 6.54 Å². The fourth-order valence-electron chi connectivity index (χ4n) is 5.25. The number of aryl methyl sites for hydroxylation is 3. The number of nitrogens with zero attached hydrogens (tertiary/aromatic N) is 3. The molecule has 1 N–H and O–H groups in total. The van der Waals surface area contributed by atoms with Crippen LogP contribution in [0.3, 0.4) is 0 Å². The lowest BCUT2D eigenvalue weighted by molar-refractivity contribution is 0.571. The normalized spacial score (nSPS) is 17.1. The van der Waals surface area contributed by atoms with Gasteiger partial charge in [-0.1, -0.05) is 18.2 Å². The Kier molecular flexibility index (Phi) is 5.76. The summed E-state index contributed by atoms with van der Waals surface area (Å²) in [5.41, 5.74) is 8.81. The van der Waals surface area contributed by atoms with Crippen LogP contribution in [0.15, 0.2) is 30.3 Å². The maximum absolute atomic E-state index is 14.3. The van der Waals surface area contributed by atoms with Gasteiger partial charge < -0.3 is 14.8 Å². The van der Waals surface area contributed by atoms with E-state index < -0.39 is 0 Å². The lowest BCUT2D eigenvalue weighted by atomic mass is 9.92. The average molecular weight is 433 g/mol. The summed E-state index contributed by atoms with van der Waals surface area (Å²) in [5.74, 6) is 0.929. The second-order valence-electron chi connectivity index (χ2n) is 9.43. The number of hydrogen-bond acceptors (Lipinski definition) is 3. The van der Waals surface area contributed by atoms with Crippen LogP contribution in [0.1, 0.15) is 53.5 Å². The number of nitrogens with one attached hydrogen (secondary N) is 1. The minimum atomic E-state index is -0.103. The molecule has 0 amide bonds.